The average Bonchev–Trinajstić information content (AvgIpc) is 3.81. The number of piperidine rings is 1. The Morgan fingerprint density at radius 3 is 2.43 bits per heavy atom. The van der Waals surface area contributed by atoms with Crippen LogP contribution in [0.25, 0.3) is 11.0 Å². The maximum absolute atomic E-state index is 14.8. The van der Waals surface area contributed by atoms with Crippen LogP contribution in [0.2, 0.25) is 0 Å². The molecular formula is C57H72N8O10S. The number of likely N-dealkylation sites (tertiary alicyclic amines) is 1. The highest BCUT2D eigenvalue weighted by Crippen LogP contribution is 2.55. The number of nitro groups is 1. The maximum Gasteiger partial charge on any atom is 0.293 e. The zero-order chi connectivity index (χ0) is 53.1. The van der Waals surface area contributed by atoms with Crippen molar-refractivity contribution in [2.45, 2.75) is 151 Å². The molecule has 4 aliphatic heterocycles. The minimum atomic E-state index is -4.64. The van der Waals surface area contributed by atoms with Gasteiger partial charge in [0.15, 0.2) is 0 Å². The van der Waals surface area contributed by atoms with E-state index in [0.29, 0.717) is 67.8 Å². The average molecular weight is 1060 g/mol. The number of hydrogen-bond donors (Lipinski definition) is 5. The van der Waals surface area contributed by atoms with E-state index < -0.39 is 48.7 Å². The minimum absolute atomic E-state index is 0.0426. The number of fused-ring (bicyclic) bond motifs is 3. The fourth-order valence-corrected chi connectivity index (χ4v) is 14.0. The summed E-state index contributed by atoms with van der Waals surface area (Å²) in [5.41, 5.74) is 2.37. The third-order valence-electron chi connectivity index (χ3n) is 17.5. The van der Waals surface area contributed by atoms with Crippen molar-refractivity contribution >= 4 is 55.4 Å². The molecule has 0 unspecified atom stereocenters. The third-order valence-corrected chi connectivity index (χ3v) is 18.8. The smallest absolute Gasteiger partial charge is 0.293 e. The number of aromatic nitrogens is 2. The van der Waals surface area contributed by atoms with E-state index in [0.717, 1.165) is 93.9 Å². The van der Waals surface area contributed by atoms with Crippen molar-refractivity contribution < 1.29 is 42.6 Å². The van der Waals surface area contributed by atoms with E-state index >= 15 is 0 Å². The second kappa shape index (κ2) is 20.4. The lowest BCUT2D eigenvalue weighted by Gasteiger charge is -2.57. The number of pyridine rings is 1. The number of aliphatic hydroxyl groups is 2. The Morgan fingerprint density at radius 2 is 1.67 bits per heavy atom. The topological polar surface area (TPSA) is 225 Å². The summed E-state index contributed by atoms with van der Waals surface area (Å²) in [6, 6.07) is 21.7. The van der Waals surface area contributed by atoms with Crippen LogP contribution in [0, 0.1) is 21.4 Å². The Labute approximate surface area is 444 Å². The van der Waals surface area contributed by atoms with Crippen molar-refractivity contribution in [2.75, 3.05) is 54.5 Å². The van der Waals surface area contributed by atoms with Gasteiger partial charge in [0.25, 0.3) is 21.6 Å². The molecule has 18 nitrogen and oxygen atoms in total. The number of nitro benzene ring substituents is 1. The van der Waals surface area contributed by atoms with Crippen molar-refractivity contribution in [3.8, 4) is 11.6 Å². The molecule has 0 bridgehead atoms. The van der Waals surface area contributed by atoms with Crippen LogP contribution < -0.4 is 29.3 Å². The molecular weight excluding hydrogens is 989 g/mol. The van der Waals surface area contributed by atoms with Crippen molar-refractivity contribution in [1.82, 2.24) is 19.6 Å². The van der Waals surface area contributed by atoms with Crippen molar-refractivity contribution in [2.24, 2.45) is 11.3 Å². The van der Waals surface area contributed by atoms with Gasteiger partial charge in [0, 0.05) is 73.8 Å². The number of carbonyl (C=O) groups is 1. The summed E-state index contributed by atoms with van der Waals surface area (Å²) in [5, 5.41) is 38.1. The zero-order valence-corrected chi connectivity index (χ0v) is 44.8. The van der Waals surface area contributed by atoms with E-state index in [1.807, 2.05) is 44.2 Å². The van der Waals surface area contributed by atoms with Crippen molar-refractivity contribution in [1.29, 1.82) is 0 Å². The first-order valence-electron chi connectivity index (χ1n) is 27.3. The van der Waals surface area contributed by atoms with Crippen molar-refractivity contribution in [3.05, 3.63) is 100 Å². The van der Waals surface area contributed by atoms with Gasteiger partial charge in [-0.2, -0.15) is 4.98 Å². The molecule has 76 heavy (non-hydrogen) atoms. The molecule has 5 N–H and O–H groups in total. The molecule has 2 aromatic heterocycles. The summed E-state index contributed by atoms with van der Waals surface area (Å²) < 4.78 is 49.5. The summed E-state index contributed by atoms with van der Waals surface area (Å²) in [4.78, 5) is 41.2. The highest BCUT2D eigenvalue weighted by atomic mass is 32.2. The summed E-state index contributed by atoms with van der Waals surface area (Å²) in [7, 11) is -4.64. The molecule has 0 radical (unpaired) electrons. The van der Waals surface area contributed by atoms with E-state index in [9.17, 15) is 33.5 Å². The highest BCUT2D eigenvalue weighted by molar-refractivity contribution is 7.90. The van der Waals surface area contributed by atoms with E-state index in [4.69, 9.17) is 19.2 Å². The Morgan fingerprint density at radius 1 is 0.921 bits per heavy atom. The number of nitrogens with zero attached hydrogens (tertiary/aromatic N) is 5. The summed E-state index contributed by atoms with van der Waals surface area (Å²) in [5.74, 6) is 0.564. The van der Waals surface area contributed by atoms with Crippen LogP contribution in [0.3, 0.4) is 0 Å². The Kier molecular flexibility index (Phi) is 14.0. The Hall–Kier alpha value is -5.99. The first-order valence-corrected chi connectivity index (χ1v) is 28.8. The molecule has 11 rings (SSSR count). The number of sulfonamides is 1. The van der Waals surface area contributed by atoms with Crippen LogP contribution in [0.15, 0.2) is 83.9 Å². The molecule has 5 aromatic rings. The predicted octanol–water partition coefficient (Wildman–Crippen LogP) is 9.15. The third kappa shape index (κ3) is 10.6. The van der Waals surface area contributed by atoms with E-state index in [1.54, 1.807) is 12.3 Å². The molecule has 5 fully saturated rings. The first-order chi connectivity index (χ1) is 36.3. The normalized spacial score (nSPS) is 27.0. The second-order valence-electron chi connectivity index (χ2n) is 23.4. The van der Waals surface area contributed by atoms with Gasteiger partial charge in [-0.3, -0.25) is 19.8 Å². The molecule has 19 heteroatoms. The zero-order valence-electron chi connectivity index (χ0n) is 44.0. The Balaban J connectivity index is 0.863. The number of anilines is 4. The number of rotatable bonds is 13. The molecule has 6 aliphatic rings. The molecule has 1 spiro atoms. The summed E-state index contributed by atoms with van der Waals surface area (Å²) in [6.45, 7) is 11.4. The maximum atomic E-state index is 14.8. The highest BCUT2D eigenvalue weighted by Gasteiger charge is 2.51. The van der Waals surface area contributed by atoms with Gasteiger partial charge in [0.2, 0.25) is 5.88 Å². The van der Waals surface area contributed by atoms with Gasteiger partial charge in [-0.1, -0.05) is 18.2 Å². The number of amides is 1. The van der Waals surface area contributed by atoms with Crippen LogP contribution in [-0.4, -0.2) is 119 Å². The fourth-order valence-electron chi connectivity index (χ4n) is 13.0. The molecule has 3 aromatic carbocycles. The van der Waals surface area contributed by atoms with Crippen molar-refractivity contribution in [3.63, 3.8) is 0 Å². The van der Waals surface area contributed by atoms with Gasteiger partial charge < -0.3 is 44.5 Å². The summed E-state index contributed by atoms with van der Waals surface area (Å²) >= 11 is 0. The molecule has 6 heterocycles. The van der Waals surface area contributed by atoms with E-state index in [1.165, 1.54) is 17.7 Å². The molecule has 2 aliphatic carbocycles. The van der Waals surface area contributed by atoms with E-state index in [-0.39, 0.29) is 47.4 Å². The summed E-state index contributed by atoms with van der Waals surface area (Å²) in [6.07, 6.45) is 11.1. The number of aromatic amines is 1. The van der Waals surface area contributed by atoms with Gasteiger partial charge in [0.1, 0.15) is 28.9 Å². The number of benzene rings is 3. The number of para-hydroxylation sites is 1. The Bertz CT molecular complexity index is 3080. The molecule has 406 valence electrons. The standard InChI is InChI=1S/C57H72N8O10S/c1-36(2)74-50-8-6-5-7-42(50)45-15-20-56(4,68)21-27-63(45)40-32-57(33-40)22-25-62(26-23-57)39-9-11-43(47(30-39)64-46-17-28-73-35-51(46)75-54-49(64)29-38-16-24-58-52(38)60-54)53(66)61-76(71,72)41-10-12-44(48(31-41)65(69)70)59-34-37-13-18-55(3,67)19-14-37/h5-12,16,24,29-31,36-37,40,45-46,51,59,67-68H,13-15,17-23,25-28,32-35H2,1-4H3,(H,58,60)(H,61,66)/t37-,45-,46-,51-,55-,56-/m0/s1. The lowest BCUT2D eigenvalue weighted by molar-refractivity contribution is -0.384. The minimum Gasteiger partial charge on any atom is -0.491 e. The number of hydrogen-bond acceptors (Lipinski definition) is 15. The van der Waals surface area contributed by atoms with E-state index in [2.05, 4.69) is 61.8 Å². The van der Waals surface area contributed by atoms with Crippen LogP contribution in [-0.2, 0) is 14.8 Å². The van der Waals surface area contributed by atoms with Gasteiger partial charge >= 0.3 is 0 Å². The molecule has 3 saturated heterocycles. The van der Waals surface area contributed by atoms with Crippen LogP contribution in [0.1, 0.15) is 127 Å². The van der Waals surface area contributed by atoms with Gasteiger partial charge in [-0.05, 0) is 165 Å². The largest absolute Gasteiger partial charge is 0.491 e. The molecule has 1 amide bonds. The SMILES string of the molecule is CC(C)Oc1ccccc1[C@@H]1CC[C@](C)(O)CCN1C1CC2(CCN(c3ccc(C(=O)NS(=O)(=O)c4ccc(NC[C@H]5CC[C@](C)(O)CC5)c([N+](=O)[O-])c4)c(N4c5cc6cc[nH]c6nc5O[C@H]5COCC[C@@H]54)c3)CC2)C1. The monoisotopic (exact) mass is 1060 g/mol. The predicted molar refractivity (Wildman–Crippen MR) is 290 cm³/mol. The molecule has 2 saturated carbocycles. The number of carbonyl (C=O) groups excluding carboxylic acids is 1. The quantitative estimate of drug-likeness (QED) is 0.0548. The van der Waals surface area contributed by atoms with Gasteiger partial charge in [0.05, 0.1) is 51.0 Å². The van der Waals surface area contributed by atoms with Crippen LogP contribution in [0.5, 0.6) is 11.6 Å². The lowest BCUT2D eigenvalue weighted by Crippen LogP contribution is -2.56. The van der Waals surface area contributed by atoms with Gasteiger partial charge in [-0.25, -0.2) is 13.1 Å². The fraction of sp³-hybridized carbons (Fsp3) is 0.544. The van der Waals surface area contributed by atoms with Crippen LogP contribution in [0.4, 0.5) is 28.4 Å². The molecule has 4 atom stereocenters. The van der Waals surface area contributed by atoms with Crippen LogP contribution >= 0.6 is 0 Å². The lowest BCUT2D eigenvalue weighted by atomic mass is 9.59. The second-order valence-corrected chi connectivity index (χ2v) is 25.1. The number of nitrogens with one attached hydrogen (secondary N) is 3. The number of ether oxygens (including phenoxy) is 3. The first kappa shape index (κ1) is 52.1. The number of H-pyrrole nitrogens is 1. The van der Waals surface area contributed by atoms with Gasteiger partial charge in [-0.15, -0.1) is 0 Å².